The van der Waals surface area contributed by atoms with E-state index >= 15 is 0 Å². The molecular formula is C72H122N32O14S. The summed E-state index contributed by atoms with van der Waals surface area (Å²) >= 11 is 1.45. The first-order chi connectivity index (χ1) is 56.5. The summed E-state index contributed by atoms with van der Waals surface area (Å²) in [6, 6.07) is -2.87. The molecule has 0 aliphatic heterocycles. The molecule has 0 aliphatic rings. The highest BCUT2D eigenvalue weighted by molar-refractivity contribution is 7.98. The maximum absolute atomic E-state index is 14.9. The van der Waals surface area contributed by atoms with Crippen molar-refractivity contribution in [2.24, 2.45) is 45.9 Å². The molecule has 0 fully saturated rings. The molecule has 11 atom stereocenters. The predicted octanol–water partition coefficient (Wildman–Crippen LogP) is -7.48. The van der Waals surface area contributed by atoms with E-state index in [4.69, 9.17) is 78.3 Å². The molecule has 11 amide bonds. The van der Waals surface area contributed by atoms with E-state index in [-0.39, 0.29) is 160 Å². The first-order valence-corrected chi connectivity index (χ1v) is 40.2. The number of carboxylic acids is 1. The summed E-state index contributed by atoms with van der Waals surface area (Å²) < 4.78 is 0. The Morgan fingerprint density at radius 1 is 0.403 bits per heavy atom. The maximum Gasteiger partial charge on any atom is 0.326 e. The first-order valence-electron chi connectivity index (χ1n) is 38.8. The van der Waals surface area contributed by atoms with Crippen molar-refractivity contribution in [2.75, 3.05) is 64.4 Å². The van der Waals surface area contributed by atoms with Crippen molar-refractivity contribution in [1.82, 2.24) is 95.4 Å². The van der Waals surface area contributed by atoms with E-state index < -0.39 is 174 Å². The molecule has 0 aliphatic carbocycles. The number of nitrogens with one attached hydrogen (secondary N) is 24. The van der Waals surface area contributed by atoms with Gasteiger partial charge in [-0.25, -0.2) is 4.79 Å². The molecule has 0 unspecified atom stereocenters. The van der Waals surface area contributed by atoms with E-state index in [1.54, 1.807) is 30.5 Å². The Morgan fingerprint density at radius 2 is 0.739 bits per heavy atom. The molecule has 0 radical (unpaired) electrons. The fraction of sp³-hybridized carbons (Fsp3) is 0.556. The van der Waals surface area contributed by atoms with Crippen LogP contribution in [0.4, 0.5) is 0 Å². The molecule has 47 heteroatoms. The maximum atomic E-state index is 14.9. The van der Waals surface area contributed by atoms with E-state index in [1.807, 2.05) is 6.26 Å². The Bertz CT molecular complexity index is 3890. The molecular weight excluding hydrogens is 1570 g/mol. The number of carbonyl (C=O) groups excluding carboxylic acids is 11. The minimum Gasteiger partial charge on any atom is -0.508 e. The van der Waals surface area contributed by atoms with Gasteiger partial charge in [0.05, 0.1) is 12.6 Å². The summed E-state index contributed by atoms with van der Waals surface area (Å²) in [6.07, 6.45) is 3.55. The van der Waals surface area contributed by atoms with Crippen LogP contribution in [0.3, 0.4) is 0 Å². The van der Waals surface area contributed by atoms with Crippen LogP contribution in [0.5, 0.6) is 5.75 Å². The first kappa shape index (κ1) is 101. The number of unbranched alkanes of at least 4 members (excludes halogenated alkanes) is 1. The van der Waals surface area contributed by atoms with Crippen LogP contribution in [0.25, 0.3) is 10.9 Å². The third-order valence-electron chi connectivity index (χ3n) is 18.2. The van der Waals surface area contributed by atoms with Gasteiger partial charge in [0.25, 0.3) is 0 Å². The van der Waals surface area contributed by atoms with Gasteiger partial charge in [-0.1, -0.05) is 30.3 Å². The largest absolute Gasteiger partial charge is 0.508 e. The average molecular weight is 1690 g/mol. The molecule has 46 nitrogen and oxygen atoms in total. The molecule has 2 aromatic carbocycles. The van der Waals surface area contributed by atoms with Crippen molar-refractivity contribution >= 4 is 129 Å². The normalized spacial score (nSPS) is 13.6. The van der Waals surface area contributed by atoms with Crippen LogP contribution in [0, 0.1) is 32.5 Å². The van der Waals surface area contributed by atoms with Crippen molar-refractivity contribution in [3.8, 4) is 5.75 Å². The number of phenolic OH excluding ortho intramolecular Hbond substituents is 1. The van der Waals surface area contributed by atoms with Crippen LogP contribution in [0.15, 0.2) is 54.7 Å². The second-order valence-corrected chi connectivity index (χ2v) is 28.9. The number of hydrogen-bond donors (Lipinski definition) is 34. The second kappa shape index (κ2) is 55.0. The van der Waals surface area contributed by atoms with Gasteiger partial charge in [-0.3, -0.25) is 85.2 Å². The molecule has 42 N–H and O–H groups in total. The number of carboxylic acid groups (broad SMARTS) is 1. The van der Waals surface area contributed by atoms with E-state index in [0.717, 1.165) is 0 Å². The van der Waals surface area contributed by atoms with E-state index in [2.05, 4.69) is 95.4 Å². The molecule has 0 bridgehead atoms. The van der Waals surface area contributed by atoms with E-state index in [0.29, 0.717) is 40.6 Å². The smallest absolute Gasteiger partial charge is 0.326 e. The summed E-state index contributed by atoms with van der Waals surface area (Å²) in [5.74, 6) is -13.4. The minimum atomic E-state index is -1.54. The third-order valence-corrected chi connectivity index (χ3v) is 18.8. The number of nitrogens with two attached hydrogens (primary N) is 8. The second-order valence-electron chi connectivity index (χ2n) is 27.9. The lowest BCUT2D eigenvalue weighted by Crippen LogP contribution is -2.60. The van der Waals surface area contributed by atoms with Gasteiger partial charge in [0, 0.05) is 69.2 Å². The third kappa shape index (κ3) is 41.1. The summed E-state index contributed by atoms with van der Waals surface area (Å²) in [5, 5.41) is 111. The van der Waals surface area contributed by atoms with Gasteiger partial charge in [0.1, 0.15) is 66.2 Å². The summed E-state index contributed by atoms with van der Waals surface area (Å²) in [6.45, 7) is 0.794. The summed E-state index contributed by atoms with van der Waals surface area (Å²) in [7, 11) is 0. The van der Waals surface area contributed by atoms with Crippen LogP contribution >= 0.6 is 11.8 Å². The number of benzene rings is 2. The van der Waals surface area contributed by atoms with Crippen molar-refractivity contribution in [2.45, 2.75) is 189 Å². The molecule has 0 saturated carbocycles. The zero-order chi connectivity index (χ0) is 88.5. The number of para-hydroxylation sites is 1. The number of H-pyrrole nitrogens is 1. The lowest BCUT2D eigenvalue weighted by Gasteiger charge is -2.27. The monoisotopic (exact) mass is 1690 g/mol. The topological polar surface area (TPSA) is 817 Å². The van der Waals surface area contributed by atoms with E-state index in [9.17, 15) is 67.7 Å². The predicted molar refractivity (Wildman–Crippen MR) is 448 cm³/mol. The lowest BCUT2D eigenvalue weighted by atomic mass is 10.0. The van der Waals surface area contributed by atoms with Gasteiger partial charge in [-0.2, -0.15) is 11.8 Å². The molecule has 3 rings (SSSR count). The molecule has 0 spiro atoms. The van der Waals surface area contributed by atoms with Crippen molar-refractivity contribution < 1.29 is 67.7 Å². The number of aromatic amines is 1. The van der Waals surface area contributed by atoms with Crippen LogP contribution in [0.2, 0.25) is 0 Å². The van der Waals surface area contributed by atoms with Crippen molar-refractivity contribution in [3.63, 3.8) is 0 Å². The Balaban J connectivity index is 1.99. The number of fused-ring (bicyclic) bond motifs is 1. The number of phenols is 1. The molecule has 1 aromatic heterocycles. The van der Waals surface area contributed by atoms with Gasteiger partial charge in [-0.15, -0.1) is 0 Å². The molecule has 1 heterocycles. The van der Waals surface area contributed by atoms with Crippen LogP contribution in [-0.4, -0.2) is 253 Å². The zero-order valence-electron chi connectivity index (χ0n) is 67.0. The fourth-order valence-electron chi connectivity index (χ4n) is 11.9. The van der Waals surface area contributed by atoms with Crippen molar-refractivity contribution in [3.05, 3.63) is 65.9 Å². The highest BCUT2D eigenvalue weighted by atomic mass is 32.2. The highest BCUT2D eigenvalue weighted by Gasteiger charge is 2.36. The Kier molecular flexibility index (Phi) is 46.5. The standard InChI is InChI=1S/C72H122N32O14S/c1-39(95-55(106)38-94-58(109)46(16-7-28-87-67(75)76)97-60(111)48(18-9-30-89-69(79)80)98-61(112)49(19-10-31-90-70(81)82)100-64(115)53(35-40-22-24-42(105)25-23-40)103-57(108)44(74)26-34-119-2)56(107)96-47(17-8-29-88-68(77)78)59(110)99-51(21-12-33-92-72(85)86)63(114)104-54(36-41-37-93-45-14-4-3-13-43(41)45)65(116)101-50(20-11-32-91-71(83)84)62(113)102-52(66(117)118)15-5-6-27-73/h3-4,13-14,22-25,37,39,44,46-54,93,105H,5-12,15-21,26-36,38,73-74H2,1-2H3,(H,94,109)(H,95,106)(H,96,107)(H,97,111)(H,98,112)(H,99,110)(H,100,115)(H,101,116)(H,102,113)(H,103,108)(H,104,114)(H,117,118)(H4,75,76,87)(H4,77,78,88)(H4,79,80,89)(H4,81,82,90)(H4,83,84,91)(H4,85,86,92)/t39-,44+,46-,47-,48-,49+,50-,51-,52-,53+,54-/m0/s1. The number of aromatic nitrogens is 1. The minimum absolute atomic E-state index is 0.000172. The fourth-order valence-corrected chi connectivity index (χ4v) is 12.3. The molecule has 660 valence electrons. The average Bonchev–Trinajstić information content (AvgIpc) is 1.70. The lowest BCUT2D eigenvalue weighted by molar-refractivity contribution is -0.142. The van der Waals surface area contributed by atoms with Crippen molar-refractivity contribution in [1.29, 1.82) is 32.5 Å². The van der Waals surface area contributed by atoms with Gasteiger partial charge < -0.3 is 151 Å². The summed E-state index contributed by atoms with van der Waals surface area (Å²) in [5.41, 5.74) is 46.7. The Labute approximate surface area is 692 Å². The van der Waals surface area contributed by atoms with Crippen LogP contribution < -0.4 is 136 Å². The van der Waals surface area contributed by atoms with Gasteiger partial charge in [0.2, 0.25) is 65.0 Å². The number of guanidine groups is 6. The van der Waals surface area contributed by atoms with Crippen LogP contribution in [-0.2, 0) is 70.4 Å². The number of rotatable bonds is 58. The number of aliphatic carboxylic acids is 1. The van der Waals surface area contributed by atoms with E-state index in [1.165, 1.54) is 43.0 Å². The van der Waals surface area contributed by atoms with Gasteiger partial charge >= 0.3 is 5.97 Å². The van der Waals surface area contributed by atoms with Crippen LogP contribution in [0.1, 0.15) is 121 Å². The Morgan fingerprint density at radius 3 is 1.12 bits per heavy atom. The van der Waals surface area contributed by atoms with Gasteiger partial charge in [-0.05, 0) is 158 Å². The molecule has 3 aromatic rings. The zero-order valence-corrected chi connectivity index (χ0v) is 67.8. The highest BCUT2D eigenvalue weighted by Crippen LogP contribution is 2.21. The number of thioether (sulfide) groups is 1. The summed E-state index contributed by atoms with van der Waals surface area (Å²) in [4.78, 5) is 173. The number of amides is 11. The molecule has 119 heavy (non-hydrogen) atoms. The number of carbonyl (C=O) groups is 12. The molecule has 0 saturated heterocycles. The number of hydrogen-bond acceptors (Lipinski definition) is 22. The Hall–Kier alpha value is -12.7. The van der Waals surface area contributed by atoms with Gasteiger partial charge in [0.15, 0.2) is 35.8 Å². The quantitative estimate of drug-likeness (QED) is 0.0142. The SMILES string of the molecule is CSCC[C@@H](N)C(=O)N[C@H](Cc1ccc(O)cc1)C(=O)N[C@H](CCCNC(=N)N)C(=O)N[C@@H](CCCNC(=N)N)C(=O)N[C@@H](CCCNC(=N)N)C(=O)NCC(=O)N[C@@H](C)C(=O)N[C@@H](CCCNC(=N)N)C(=O)N[C@@H](CCCNC(=N)N)C(=O)N[C@@H](Cc1c[nH]c2ccccc12)C(=O)N[C@@H](CCCNC(=N)N)C(=O)N[C@@H](CCCCN)C(=O)O. The number of aromatic hydroxyl groups is 1.